The molecule has 0 unspecified atom stereocenters. The van der Waals surface area contributed by atoms with Crippen LogP contribution in [0.25, 0.3) is 22.9 Å². The van der Waals surface area contributed by atoms with Gasteiger partial charge in [0.1, 0.15) is 11.5 Å². The summed E-state index contributed by atoms with van der Waals surface area (Å²) < 4.78 is 17.2. The van der Waals surface area contributed by atoms with Crippen molar-refractivity contribution in [3.63, 3.8) is 0 Å². The first-order valence-corrected chi connectivity index (χ1v) is 10.7. The van der Waals surface area contributed by atoms with E-state index >= 15 is 0 Å². The third-order valence-electron chi connectivity index (χ3n) is 4.71. The molecule has 0 atom stereocenters. The van der Waals surface area contributed by atoms with Crippen LogP contribution in [0.1, 0.15) is 19.4 Å². The molecule has 0 aliphatic rings. The Morgan fingerprint density at radius 3 is 2.36 bits per heavy atom. The lowest BCUT2D eigenvalue weighted by molar-refractivity contribution is -0.123. The molecular formula is C26H25N3O4. The van der Waals surface area contributed by atoms with Crippen LogP contribution in [0.15, 0.2) is 83.3 Å². The number of carbonyl (C=O) groups is 1. The molecule has 7 nitrogen and oxygen atoms in total. The molecule has 0 saturated heterocycles. The molecule has 1 amide bonds. The Hall–Kier alpha value is -4.13. The molecule has 1 N–H and O–H groups in total. The first-order valence-electron chi connectivity index (χ1n) is 10.7. The summed E-state index contributed by atoms with van der Waals surface area (Å²) in [4.78, 5) is 12.3. The standard InChI is InChI=1S/C26H25N3O4/c1-18(2)32-21-14-12-19(13-15-21)16-27-24(30)17-31-23-11-7-6-10-22(23)26-29-28-25(33-26)20-8-4-3-5-9-20/h3-15,18H,16-17H2,1-2H3,(H,27,30). The van der Waals surface area contributed by atoms with Gasteiger partial charge in [-0.2, -0.15) is 0 Å². The first-order chi connectivity index (χ1) is 16.1. The van der Waals surface area contributed by atoms with E-state index in [9.17, 15) is 4.79 Å². The molecule has 4 aromatic rings. The molecule has 0 radical (unpaired) electrons. The van der Waals surface area contributed by atoms with E-state index in [4.69, 9.17) is 13.9 Å². The topological polar surface area (TPSA) is 86.5 Å². The Morgan fingerprint density at radius 1 is 0.909 bits per heavy atom. The zero-order valence-corrected chi connectivity index (χ0v) is 18.5. The van der Waals surface area contributed by atoms with Crippen molar-refractivity contribution >= 4 is 5.91 Å². The van der Waals surface area contributed by atoms with Gasteiger partial charge in [-0.1, -0.05) is 42.5 Å². The van der Waals surface area contributed by atoms with E-state index in [0.717, 1.165) is 16.9 Å². The summed E-state index contributed by atoms with van der Waals surface area (Å²) >= 11 is 0. The zero-order chi connectivity index (χ0) is 23.0. The summed E-state index contributed by atoms with van der Waals surface area (Å²) in [7, 11) is 0. The summed E-state index contributed by atoms with van der Waals surface area (Å²) in [5.41, 5.74) is 2.43. The highest BCUT2D eigenvalue weighted by molar-refractivity contribution is 5.78. The Bertz CT molecular complexity index is 1190. The minimum absolute atomic E-state index is 0.118. The van der Waals surface area contributed by atoms with E-state index in [0.29, 0.717) is 29.6 Å². The van der Waals surface area contributed by atoms with E-state index in [1.807, 2.05) is 86.6 Å². The van der Waals surface area contributed by atoms with Crippen LogP contribution in [0, 0.1) is 0 Å². The number of ether oxygens (including phenoxy) is 2. The number of rotatable bonds is 9. The third kappa shape index (κ3) is 5.98. The quantitative estimate of drug-likeness (QED) is 0.397. The van der Waals surface area contributed by atoms with Gasteiger partial charge in [0.25, 0.3) is 11.8 Å². The molecule has 1 aromatic heterocycles. The molecule has 0 fully saturated rings. The van der Waals surface area contributed by atoms with Gasteiger partial charge in [-0.15, -0.1) is 10.2 Å². The fourth-order valence-electron chi connectivity index (χ4n) is 3.15. The number of hydrogen-bond acceptors (Lipinski definition) is 6. The van der Waals surface area contributed by atoms with E-state index in [-0.39, 0.29) is 18.6 Å². The van der Waals surface area contributed by atoms with Crippen molar-refractivity contribution in [1.29, 1.82) is 0 Å². The maximum atomic E-state index is 12.3. The lowest BCUT2D eigenvalue weighted by Gasteiger charge is -2.11. The number of para-hydroxylation sites is 1. The van der Waals surface area contributed by atoms with Crippen LogP contribution in [-0.2, 0) is 11.3 Å². The van der Waals surface area contributed by atoms with Gasteiger partial charge in [-0.05, 0) is 55.8 Å². The number of carbonyl (C=O) groups excluding carboxylic acids is 1. The number of aromatic nitrogens is 2. The molecular weight excluding hydrogens is 418 g/mol. The molecule has 0 aliphatic carbocycles. The second-order valence-electron chi connectivity index (χ2n) is 7.65. The molecule has 3 aromatic carbocycles. The van der Waals surface area contributed by atoms with Gasteiger partial charge < -0.3 is 19.2 Å². The van der Waals surface area contributed by atoms with Gasteiger partial charge in [-0.3, -0.25) is 4.79 Å². The number of amides is 1. The van der Waals surface area contributed by atoms with Crippen LogP contribution in [0.5, 0.6) is 11.5 Å². The fourth-order valence-corrected chi connectivity index (χ4v) is 3.15. The predicted octanol–water partition coefficient (Wildman–Crippen LogP) is 4.89. The SMILES string of the molecule is CC(C)Oc1ccc(CNC(=O)COc2ccccc2-c2nnc(-c3ccccc3)o2)cc1. The van der Waals surface area contributed by atoms with Crippen molar-refractivity contribution < 1.29 is 18.7 Å². The average Bonchev–Trinajstić information content (AvgIpc) is 3.33. The zero-order valence-electron chi connectivity index (χ0n) is 18.5. The summed E-state index contributed by atoms with van der Waals surface area (Å²) in [6.45, 7) is 4.22. The smallest absolute Gasteiger partial charge is 0.258 e. The van der Waals surface area contributed by atoms with Crippen molar-refractivity contribution in [1.82, 2.24) is 15.5 Å². The van der Waals surface area contributed by atoms with E-state index in [2.05, 4.69) is 15.5 Å². The summed E-state index contributed by atoms with van der Waals surface area (Å²) in [6.07, 6.45) is 0.118. The van der Waals surface area contributed by atoms with Crippen molar-refractivity contribution in [3.05, 3.63) is 84.4 Å². The molecule has 168 valence electrons. The van der Waals surface area contributed by atoms with Crippen LogP contribution < -0.4 is 14.8 Å². The van der Waals surface area contributed by atoms with Gasteiger partial charge in [-0.25, -0.2) is 0 Å². The van der Waals surface area contributed by atoms with Crippen LogP contribution in [0.4, 0.5) is 0 Å². The minimum atomic E-state index is -0.234. The van der Waals surface area contributed by atoms with E-state index < -0.39 is 0 Å². The van der Waals surface area contributed by atoms with Crippen molar-refractivity contribution in [2.45, 2.75) is 26.5 Å². The molecule has 1 heterocycles. The highest BCUT2D eigenvalue weighted by atomic mass is 16.5. The number of benzene rings is 3. The van der Waals surface area contributed by atoms with Crippen molar-refractivity contribution in [3.8, 4) is 34.4 Å². The van der Waals surface area contributed by atoms with Crippen molar-refractivity contribution in [2.75, 3.05) is 6.61 Å². The number of hydrogen-bond donors (Lipinski definition) is 1. The summed E-state index contributed by atoms with van der Waals surface area (Å²) in [6, 6.07) is 24.4. The average molecular weight is 444 g/mol. The summed E-state index contributed by atoms with van der Waals surface area (Å²) in [5, 5.41) is 11.1. The monoisotopic (exact) mass is 443 g/mol. The minimum Gasteiger partial charge on any atom is -0.491 e. The van der Waals surface area contributed by atoms with Gasteiger partial charge in [0.2, 0.25) is 5.89 Å². The van der Waals surface area contributed by atoms with Crippen molar-refractivity contribution in [2.24, 2.45) is 0 Å². The second-order valence-corrected chi connectivity index (χ2v) is 7.65. The maximum absolute atomic E-state index is 12.3. The molecule has 4 rings (SSSR count). The third-order valence-corrected chi connectivity index (χ3v) is 4.71. The van der Waals surface area contributed by atoms with Gasteiger partial charge in [0, 0.05) is 12.1 Å². The van der Waals surface area contributed by atoms with E-state index in [1.165, 1.54) is 0 Å². The lowest BCUT2D eigenvalue weighted by atomic mass is 10.2. The van der Waals surface area contributed by atoms with E-state index in [1.54, 1.807) is 6.07 Å². The maximum Gasteiger partial charge on any atom is 0.258 e. The van der Waals surface area contributed by atoms with Crippen LogP contribution >= 0.6 is 0 Å². The van der Waals surface area contributed by atoms with Crippen LogP contribution in [0.3, 0.4) is 0 Å². The highest BCUT2D eigenvalue weighted by Gasteiger charge is 2.15. The van der Waals surface area contributed by atoms with Crippen LogP contribution in [-0.4, -0.2) is 28.8 Å². The molecule has 0 spiro atoms. The predicted molar refractivity (Wildman–Crippen MR) is 125 cm³/mol. The largest absolute Gasteiger partial charge is 0.491 e. The Balaban J connectivity index is 1.35. The Labute approximate surface area is 192 Å². The molecule has 0 bridgehead atoms. The Kier molecular flexibility index (Phi) is 6.99. The second kappa shape index (κ2) is 10.5. The molecule has 7 heteroatoms. The number of nitrogens with one attached hydrogen (secondary N) is 1. The Morgan fingerprint density at radius 2 is 1.61 bits per heavy atom. The first kappa shape index (κ1) is 22.1. The summed E-state index contributed by atoms with van der Waals surface area (Å²) in [5.74, 6) is 1.81. The normalized spacial score (nSPS) is 10.8. The molecule has 0 aliphatic heterocycles. The van der Waals surface area contributed by atoms with Gasteiger partial charge >= 0.3 is 0 Å². The fraction of sp³-hybridized carbons (Fsp3) is 0.192. The van der Waals surface area contributed by atoms with Gasteiger partial charge in [0.15, 0.2) is 6.61 Å². The molecule has 0 saturated carbocycles. The number of nitrogens with zero attached hydrogens (tertiary/aromatic N) is 2. The van der Waals surface area contributed by atoms with Crippen LogP contribution in [0.2, 0.25) is 0 Å². The lowest BCUT2D eigenvalue weighted by Crippen LogP contribution is -2.28. The van der Waals surface area contributed by atoms with Gasteiger partial charge in [0.05, 0.1) is 11.7 Å². The highest BCUT2D eigenvalue weighted by Crippen LogP contribution is 2.30. The molecule has 33 heavy (non-hydrogen) atoms.